The van der Waals surface area contributed by atoms with E-state index in [0.29, 0.717) is 11.6 Å². The largest absolute Gasteiger partial charge is 0.354 e. The third-order valence-corrected chi connectivity index (χ3v) is 7.56. The number of likely N-dealkylation sites (tertiary alicyclic amines) is 3. The fraction of sp³-hybridized carbons (Fsp3) is 0.864. The van der Waals surface area contributed by atoms with Crippen LogP contribution in [0.4, 0.5) is 0 Å². The van der Waals surface area contributed by atoms with Gasteiger partial charge in [-0.25, -0.2) is 0 Å². The Kier molecular flexibility index (Phi) is 6.59. The van der Waals surface area contributed by atoms with E-state index in [1.807, 2.05) is 7.05 Å². The molecule has 0 aromatic carbocycles. The van der Waals surface area contributed by atoms with E-state index in [2.05, 4.69) is 49.1 Å². The van der Waals surface area contributed by atoms with Gasteiger partial charge in [0.2, 0.25) is 0 Å². The van der Waals surface area contributed by atoms with E-state index in [9.17, 15) is 0 Å². The first-order chi connectivity index (χ1) is 13.7. The van der Waals surface area contributed by atoms with Gasteiger partial charge >= 0.3 is 0 Å². The summed E-state index contributed by atoms with van der Waals surface area (Å²) in [5.74, 6) is 1.12. The van der Waals surface area contributed by atoms with Crippen molar-refractivity contribution in [2.24, 2.45) is 4.99 Å². The summed E-state index contributed by atoms with van der Waals surface area (Å²) in [7, 11) is 4.22. The predicted octanol–water partition coefficient (Wildman–Crippen LogP) is 1.46. The van der Waals surface area contributed by atoms with Crippen LogP contribution in [0.2, 0.25) is 0 Å². The maximum atomic E-state index is 4.68. The van der Waals surface area contributed by atoms with Gasteiger partial charge in [0.1, 0.15) is 0 Å². The number of nitrogens with zero attached hydrogens (tertiary/aromatic N) is 5. The third kappa shape index (κ3) is 4.39. The Bertz CT molecular complexity index is 551. The van der Waals surface area contributed by atoms with Crippen LogP contribution in [0.5, 0.6) is 0 Å². The van der Waals surface area contributed by atoms with Gasteiger partial charge in [-0.2, -0.15) is 0 Å². The van der Waals surface area contributed by atoms with Gasteiger partial charge < -0.3 is 15.1 Å². The summed E-state index contributed by atoms with van der Waals surface area (Å²) in [5.41, 5.74) is 0.306. The maximum Gasteiger partial charge on any atom is 0.193 e. The van der Waals surface area contributed by atoms with E-state index in [1.54, 1.807) is 0 Å². The zero-order valence-corrected chi connectivity index (χ0v) is 18.1. The Hall–Kier alpha value is -1.11. The monoisotopic (exact) mass is 388 g/mol. The Morgan fingerprint density at radius 1 is 1.04 bits per heavy atom. The summed E-state index contributed by atoms with van der Waals surface area (Å²) >= 11 is 0. The summed E-state index contributed by atoms with van der Waals surface area (Å²) < 4.78 is 0. The van der Waals surface area contributed by atoms with Gasteiger partial charge in [-0.1, -0.05) is 18.6 Å². The second-order valence-corrected chi connectivity index (χ2v) is 9.29. The van der Waals surface area contributed by atoms with Gasteiger partial charge in [0.15, 0.2) is 5.96 Å². The van der Waals surface area contributed by atoms with Crippen molar-refractivity contribution in [3.05, 3.63) is 12.2 Å². The van der Waals surface area contributed by atoms with Crippen molar-refractivity contribution < 1.29 is 0 Å². The van der Waals surface area contributed by atoms with Crippen molar-refractivity contribution >= 4 is 5.96 Å². The number of piperidine rings is 2. The van der Waals surface area contributed by atoms with E-state index < -0.39 is 0 Å². The summed E-state index contributed by atoms with van der Waals surface area (Å²) in [6.07, 6.45) is 12.5. The van der Waals surface area contributed by atoms with Crippen LogP contribution in [-0.4, -0.2) is 110 Å². The molecule has 1 atom stereocenters. The maximum absolute atomic E-state index is 4.68. The second-order valence-electron chi connectivity index (χ2n) is 9.29. The van der Waals surface area contributed by atoms with Gasteiger partial charge in [0.05, 0.1) is 0 Å². The summed E-state index contributed by atoms with van der Waals surface area (Å²) in [4.78, 5) is 15.1. The highest BCUT2D eigenvalue weighted by molar-refractivity contribution is 5.80. The molecule has 0 bridgehead atoms. The number of hydrogen-bond acceptors (Lipinski definition) is 4. The minimum atomic E-state index is 0.306. The number of nitrogens with one attached hydrogen (secondary N) is 1. The molecule has 28 heavy (non-hydrogen) atoms. The molecule has 4 rings (SSSR count). The van der Waals surface area contributed by atoms with Crippen molar-refractivity contribution in [3.63, 3.8) is 0 Å². The van der Waals surface area contributed by atoms with Crippen LogP contribution in [-0.2, 0) is 0 Å². The first kappa shape index (κ1) is 20.2. The van der Waals surface area contributed by atoms with Gasteiger partial charge in [-0.05, 0) is 65.3 Å². The fourth-order valence-electron chi connectivity index (χ4n) is 5.61. The van der Waals surface area contributed by atoms with Crippen molar-refractivity contribution in [1.82, 2.24) is 24.9 Å². The SMILES string of the molecule is CN=C(NCC1(N2CCCCC2)CCN(C)CC1)N1CCC(N2CC=CC2)C1. The minimum absolute atomic E-state index is 0.306. The van der Waals surface area contributed by atoms with Crippen molar-refractivity contribution in [2.75, 3.05) is 73.0 Å². The first-order valence-electron chi connectivity index (χ1n) is 11.5. The van der Waals surface area contributed by atoms with Crippen LogP contribution in [0.3, 0.4) is 0 Å². The van der Waals surface area contributed by atoms with Crippen molar-refractivity contribution in [1.29, 1.82) is 0 Å². The highest BCUT2D eigenvalue weighted by Gasteiger charge is 2.40. The zero-order valence-electron chi connectivity index (χ0n) is 18.1. The molecule has 6 heteroatoms. The molecule has 6 nitrogen and oxygen atoms in total. The number of rotatable bonds is 4. The molecule has 1 N–H and O–H groups in total. The van der Waals surface area contributed by atoms with Gasteiger partial charge in [-0.3, -0.25) is 14.8 Å². The van der Waals surface area contributed by atoms with Gasteiger partial charge in [-0.15, -0.1) is 0 Å². The van der Waals surface area contributed by atoms with E-state index in [1.165, 1.54) is 64.7 Å². The van der Waals surface area contributed by atoms with Crippen LogP contribution < -0.4 is 5.32 Å². The molecule has 158 valence electrons. The van der Waals surface area contributed by atoms with Crippen LogP contribution in [0.1, 0.15) is 38.5 Å². The Morgan fingerprint density at radius 3 is 2.43 bits per heavy atom. The number of guanidine groups is 1. The highest BCUT2D eigenvalue weighted by atomic mass is 15.4. The smallest absolute Gasteiger partial charge is 0.193 e. The van der Waals surface area contributed by atoms with Crippen molar-refractivity contribution in [3.8, 4) is 0 Å². The molecule has 0 aromatic rings. The summed E-state index contributed by atoms with van der Waals surface area (Å²) in [6.45, 7) is 10.5. The second kappa shape index (κ2) is 9.14. The molecule has 0 spiro atoms. The molecule has 0 aromatic heterocycles. The van der Waals surface area contributed by atoms with Crippen LogP contribution in [0.15, 0.2) is 17.1 Å². The lowest BCUT2D eigenvalue weighted by Gasteiger charge is -2.50. The summed E-state index contributed by atoms with van der Waals surface area (Å²) in [6, 6.07) is 0.674. The normalized spacial score (nSPS) is 30.3. The topological polar surface area (TPSA) is 37.4 Å². The molecule has 0 radical (unpaired) electrons. The molecule has 4 aliphatic rings. The quantitative estimate of drug-likeness (QED) is 0.448. The van der Waals surface area contributed by atoms with Crippen LogP contribution in [0.25, 0.3) is 0 Å². The van der Waals surface area contributed by atoms with E-state index in [-0.39, 0.29) is 0 Å². The first-order valence-corrected chi connectivity index (χ1v) is 11.5. The molecule has 0 amide bonds. The van der Waals surface area contributed by atoms with Gasteiger partial charge in [0, 0.05) is 51.4 Å². The van der Waals surface area contributed by atoms with Crippen LogP contribution in [0, 0.1) is 0 Å². The fourth-order valence-corrected chi connectivity index (χ4v) is 5.61. The molecule has 0 aliphatic carbocycles. The van der Waals surface area contributed by atoms with E-state index >= 15 is 0 Å². The van der Waals surface area contributed by atoms with Crippen LogP contribution >= 0.6 is 0 Å². The predicted molar refractivity (Wildman–Crippen MR) is 117 cm³/mol. The highest BCUT2D eigenvalue weighted by Crippen LogP contribution is 2.31. The third-order valence-electron chi connectivity index (χ3n) is 7.56. The molecule has 3 fully saturated rings. The Labute approximate surface area is 171 Å². The standard InChI is InChI=1S/C22H40N6/c1-23-21(27-15-8-20(18-27)26-11-6-7-12-26)24-19-22(9-16-25(2)17-10-22)28-13-4-3-5-14-28/h6-7,20H,3-5,8-19H2,1-2H3,(H,23,24). The average molecular weight is 389 g/mol. The van der Waals surface area contributed by atoms with E-state index in [0.717, 1.165) is 38.7 Å². The molecular formula is C22H40N6. The molecule has 1 unspecified atom stereocenters. The minimum Gasteiger partial charge on any atom is -0.354 e. The van der Waals surface area contributed by atoms with Gasteiger partial charge in [0.25, 0.3) is 0 Å². The molecule has 0 saturated carbocycles. The summed E-state index contributed by atoms with van der Waals surface area (Å²) in [5, 5.41) is 3.83. The lowest BCUT2D eigenvalue weighted by atomic mass is 9.84. The number of aliphatic imine (C=N–C) groups is 1. The average Bonchev–Trinajstić information content (AvgIpc) is 3.43. The lowest BCUT2D eigenvalue weighted by molar-refractivity contribution is 0.0170. The Morgan fingerprint density at radius 2 is 1.75 bits per heavy atom. The molecule has 4 aliphatic heterocycles. The lowest BCUT2D eigenvalue weighted by Crippen LogP contribution is -2.62. The van der Waals surface area contributed by atoms with E-state index in [4.69, 9.17) is 0 Å². The van der Waals surface area contributed by atoms with Crippen molar-refractivity contribution in [2.45, 2.75) is 50.1 Å². The zero-order chi connectivity index (χ0) is 19.4. The number of hydrogen-bond donors (Lipinski definition) is 1. The Balaban J connectivity index is 1.37. The molecule has 3 saturated heterocycles. The molecular weight excluding hydrogens is 348 g/mol. The molecule has 4 heterocycles.